The molecule has 2 N–H and O–H groups in total. The smallest absolute Gasteiger partial charge is 0.261 e. The molecular formula is C18H25N3O2. The summed E-state index contributed by atoms with van der Waals surface area (Å²) in [7, 11) is 1.61. The van der Waals surface area contributed by atoms with Crippen LogP contribution in [-0.4, -0.2) is 23.2 Å². The maximum atomic E-state index is 13.0. The summed E-state index contributed by atoms with van der Waals surface area (Å²) in [6.45, 7) is 1.22. The first-order valence-electron chi connectivity index (χ1n) is 8.53. The van der Waals surface area contributed by atoms with Gasteiger partial charge in [-0.25, -0.2) is 4.98 Å². The molecular weight excluding hydrogens is 290 g/mol. The number of methoxy groups -OCH3 is 1. The maximum Gasteiger partial charge on any atom is 0.261 e. The highest BCUT2D eigenvalue weighted by Crippen LogP contribution is 2.32. The molecule has 3 rings (SSSR count). The quantitative estimate of drug-likeness (QED) is 0.921. The summed E-state index contributed by atoms with van der Waals surface area (Å²) >= 11 is 0. The van der Waals surface area contributed by atoms with Crippen molar-refractivity contribution < 1.29 is 4.74 Å². The zero-order valence-electron chi connectivity index (χ0n) is 13.8. The van der Waals surface area contributed by atoms with E-state index in [0.717, 1.165) is 30.6 Å². The van der Waals surface area contributed by atoms with Crippen molar-refractivity contribution in [2.45, 2.75) is 51.0 Å². The van der Waals surface area contributed by atoms with E-state index in [1.54, 1.807) is 13.2 Å². The first-order chi connectivity index (χ1) is 11.2. The number of hydrogen-bond donors (Lipinski definition) is 1. The highest BCUT2D eigenvalue weighted by Gasteiger charge is 2.22. The molecule has 23 heavy (non-hydrogen) atoms. The molecule has 0 bridgehead atoms. The third kappa shape index (κ3) is 3.24. The van der Waals surface area contributed by atoms with Gasteiger partial charge in [0.2, 0.25) is 0 Å². The van der Waals surface area contributed by atoms with Crippen molar-refractivity contribution in [3.05, 3.63) is 34.4 Å². The molecule has 0 aliphatic heterocycles. The number of fused-ring (bicyclic) bond motifs is 1. The van der Waals surface area contributed by atoms with Gasteiger partial charge in [-0.05, 0) is 44.0 Å². The molecule has 0 saturated heterocycles. The van der Waals surface area contributed by atoms with E-state index in [0.29, 0.717) is 30.1 Å². The van der Waals surface area contributed by atoms with E-state index in [-0.39, 0.29) is 5.56 Å². The molecule has 1 aliphatic rings. The standard InChI is InChI=1S/C18H25N3O2/c1-23-14-8-9-16-15(12-14)18(22)21(11-5-10-19)17(20-16)13-6-3-2-4-7-13/h8-9,12-13H,2-7,10-11,19H2,1H3. The Morgan fingerprint density at radius 1 is 1.30 bits per heavy atom. The van der Waals surface area contributed by atoms with Crippen molar-refractivity contribution in [1.82, 2.24) is 9.55 Å². The van der Waals surface area contributed by atoms with Crippen molar-refractivity contribution >= 4 is 10.9 Å². The number of aromatic nitrogens is 2. The molecule has 1 aromatic heterocycles. The molecule has 0 radical (unpaired) electrons. The number of nitrogens with two attached hydrogens (primary N) is 1. The summed E-state index contributed by atoms with van der Waals surface area (Å²) < 4.78 is 7.10. The minimum Gasteiger partial charge on any atom is -0.497 e. The number of ether oxygens (including phenoxy) is 1. The van der Waals surface area contributed by atoms with Crippen molar-refractivity contribution in [2.24, 2.45) is 5.73 Å². The van der Waals surface area contributed by atoms with Crippen LogP contribution in [0.4, 0.5) is 0 Å². The second-order valence-electron chi connectivity index (χ2n) is 6.29. The summed E-state index contributed by atoms with van der Waals surface area (Å²) in [5, 5.41) is 0.626. The van der Waals surface area contributed by atoms with Crippen molar-refractivity contribution in [3.63, 3.8) is 0 Å². The van der Waals surface area contributed by atoms with E-state index in [1.807, 2.05) is 16.7 Å². The van der Waals surface area contributed by atoms with Crippen LogP contribution in [0, 0.1) is 0 Å². The minimum absolute atomic E-state index is 0.0305. The molecule has 5 nitrogen and oxygen atoms in total. The van der Waals surface area contributed by atoms with Crippen molar-refractivity contribution in [3.8, 4) is 5.75 Å². The third-order valence-corrected chi connectivity index (χ3v) is 4.75. The molecule has 1 aromatic carbocycles. The molecule has 0 atom stereocenters. The second kappa shape index (κ2) is 7.13. The molecule has 124 valence electrons. The molecule has 0 amide bonds. The summed E-state index contributed by atoms with van der Waals surface area (Å²) in [6.07, 6.45) is 6.76. The van der Waals surface area contributed by atoms with Gasteiger partial charge >= 0.3 is 0 Å². The lowest BCUT2D eigenvalue weighted by Gasteiger charge is -2.24. The molecule has 0 spiro atoms. The summed E-state index contributed by atoms with van der Waals surface area (Å²) in [4.78, 5) is 17.8. The molecule has 1 fully saturated rings. The third-order valence-electron chi connectivity index (χ3n) is 4.75. The summed E-state index contributed by atoms with van der Waals surface area (Å²) in [5.41, 5.74) is 6.45. The van der Waals surface area contributed by atoms with Crippen LogP contribution in [0.2, 0.25) is 0 Å². The van der Waals surface area contributed by atoms with Gasteiger partial charge < -0.3 is 10.5 Å². The molecule has 1 saturated carbocycles. The van der Waals surface area contributed by atoms with Crippen LogP contribution >= 0.6 is 0 Å². The van der Waals surface area contributed by atoms with Gasteiger partial charge in [-0.3, -0.25) is 9.36 Å². The molecule has 1 aliphatic carbocycles. The highest BCUT2D eigenvalue weighted by atomic mass is 16.5. The van der Waals surface area contributed by atoms with Gasteiger partial charge in [-0.2, -0.15) is 0 Å². The van der Waals surface area contributed by atoms with Crippen LogP contribution in [0.25, 0.3) is 10.9 Å². The first-order valence-corrected chi connectivity index (χ1v) is 8.53. The first kappa shape index (κ1) is 16.0. The normalized spacial score (nSPS) is 15.9. The van der Waals surface area contributed by atoms with E-state index in [9.17, 15) is 4.79 Å². The van der Waals surface area contributed by atoms with Gasteiger partial charge in [0.1, 0.15) is 11.6 Å². The van der Waals surface area contributed by atoms with Gasteiger partial charge in [0.05, 0.1) is 18.0 Å². The summed E-state index contributed by atoms with van der Waals surface area (Å²) in [6, 6.07) is 5.53. The van der Waals surface area contributed by atoms with Gasteiger partial charge in [-0.15, -0.1) is 0 Å². The van der Waals surface area contributed by atoms with Crippen LogP contribution in [0.15, 0.2) is 23.0 Å². The number of hydrogen-bond acceptors (Lipinski definition) is 4. The fourth-order valence-corrected chi connectivity index (χ4v) is 3.48. The molecule has 1 heterocycles. The Morgan fingerprint density at radius 3 is 2.78 bits per heavy atom. The fraction of sp³-hybridized carbons (Fsp3) is 0.556. The van der Waals surface area contributed by atoms with E-state index in [1.165, 1.54) is 19.3 Å². The van der Waals surface area contributed by atoms with Crippen LogP contribution in [-0.2, 0) is 6.54 Å². The predicted octanol–water partition coefficient (Wildman–Crippen LogP) is 2.80. The van der Waals surface area contributed by atoms with Crippen molar-refractivity contribution in [2.75, 3.05) is 13.7 Å². The van der Waals surface area contributed by atoms with E-state index >= 15 is 0 Å². The van der Waals surface area contributed by atoms with E-state index in [2.05, 4.69) is 0 Å². The lowest BCUT2D eigenvalue weighted by Crippen LogP contribution is -2.28. The zero-order valence-corrected chi connectivity index (χ0v) is 13.8. The number of nitrogens with zero attached hydrogens (tertiary/aromatic N) is 2. The Hall–Kier alpha value is -1.88. The lowest BCUT2D eigenvalue weighted by atomic mass is 9.88. The van der Waals surface area contributed by atoms with Gasteiger partial charge in [0.25, 0.3) is 5.56 Å². The highest BCUT2D eigenvalue weighted by molar-refractivity contribution is 5.79. The van der Waals surface area contributed by atoms with Gasteiger partial charge in [-0.1, -0.05) is 19.3 Å². The van der Waals surface area contributed by atoms with Crippen LogP contribution < -0.4 is 16.0 Å². The van der Waals surface area contributed by atoms with Crippen LogP contribution in [0.3, 0.4) is 0 Å². The SMILES string of the molecule is COc1ccc2nc(C3CCCCC3)n(CCCN)c(=O)c2c1. The van der Waals surface area contributed by atoms with Gasteiger partial charge in [0, 0.05) is 12.5 Å². The maximum absolute atomic E-state index is 13.0. The topological polar surface area (TPSA) is 70.1 Å². The lowest BCUT2D eigenvalue weighted by molar-refractivity contribution is 0.407. The Labute approximate surface area is 136 Å². The summed E-state index contributed by atoms with van der Waals surface area (Å²) in [5.74, 6) is 2.02. The minimum atomic E-state index is 0.0305. The Kier molecular flexibility index (Phi) is 4.96. The Bertz CT molecular complexity index is 733. The molecule has 0 unspecified atom stereocenters. The largest absolute Gasteiger partial charge is 0.497 e. The van der Waals surface area contributed by atoms with Crippen LogP contribution in [0.1, 0.15) is 50.3 Å². The van der Waals surface area contributed by atoms with Crippen LogP contribution in [0.5, 0.6) is 5.75 Å². The average molecular weight is 315 g/mol. The Morgan fingerprint density at radius 2 is 2.09 bits per heavy atom. The molecule has 5 heteroatoms. The van der Waals surface area contributed by atoms with E-state index < -0.39 is 0 Å². The Balaban J connectivity index is 2.14. The second-order valence-corrected chi connectivity index (χ2v) is 6.29. The number of benzene rings is 1. The number of rotatable bonds is 5. The zero-order chi connectivity index (χ0) is 16.2. The molecule has 2 aromatic rings. The predicted molar refractivity (Wildman–Crippen MR) is 92.1 cm³/mol. The fourth-order valence-electron chi connectivity index (χ4n) is 3.48. The van der Waals surface area contributed by atoms with Gasteiger partial charge in [0.15, 0.2) is 0 Å². The average Bonchev–Trinajstić information content (AvgIpc) is 2.61. The monoisotopic (exact) mass is 315 g/mol. The van der Waals surface area contributed by atoms with E-state index in [4.69, 9.17) is 15.5 Å². The van der Waals surface area contributed by atoms with Crippen molar-refractivity contribution in [1.29, 1.82) is 0 Å².